The Labute approximate surface area is 206 Å². The minimum Gasteiger partial charge on any atom is -1.00 e. The Balaban J connectivity index is 0.00000245. The predicted octanol–water partition coefficient (Wildman–Crippen LogP) is 1.89. The molecule has 2 aliphatic rings. The van der Waals surface area contributed by atoms with Gasteiger partial charge < -0.3 is 12.4 Å². The summed E-state index contributed by atoms with van der Waals surface area (Å²) in [5.74, 6) is 0. The average molecular weight is 532 g/mol. The number of halogens is 1. The van der Waals surface area contributed by atoms with Gasteiger partial charge in [0.2, 0.25) is 0 Å². The van der Waals surface area contributed by atoms with Crippen molar-refractivity contribution in [2.75, 3.05) is 0 Å². The van der Waals surface area contributed by atoms with Gasteiger partial charge in [-0.15, -0.1) is 0 Å². The molecule has 0 atom stereocenters. The molecule has 0 heterocycles. The summed E-state index contributed by atoms with van der Waals surface area (Å²) in [5, 5.41) is 3.97. The van der Waals surface area contributed by atoms with E-state index in [1.807, 2.05) is 0 Å². The summed E-state index contributed by atoms with van der Waals surface area (Å²) in [4.78, 5) is 0. The number of benzene rings is 3. The summed E-state index contributed by atoms with van der Waals surface area (Å²) in [6.45, 7) is 0. The van der Waals surface area contributed by atoms with Crippen molar-refractivity contribution in [3.63, 3.8) is 0 Å². The van der Waals surface area contributed by atoms with Gasteiger partial charge in [0.15, 0.2) is 0 Å². The van der Waals surface area contributed by atoms with Crippen LogP contribution in [0.15, 0.2) is 134 Å². The molecule has 0 unspecified atom stereocenters. The van der Waals surface area contributed by atoms with Crippen LogP contribution in [0, 0.1) is 0 Å². The summed E-state index contributed by atoms with van der Waals surface area (Å²) in [5.41, 5.74) is 0. The molecular weight excluding hydrogens is 507 g/mol. The van der Waals surface area contributed by atoms with Gasteiger partial charge in [0.1, 0.15) is 0 Å². The molecule has 1 nitrogen and oxygen atoms in total. The van der Waals surface area contributed by atoms with E-state index in [-0.39, 0.29) is 12.4 Å². The summed E-state index contributed by atoms with van der Waals surface area (Å²) in [7, 11) is -2.67. The van der Waals surface area contributed by atoms with E-state index in [0.29, 0.717) is 0 Å². The molecule has 0 amide bonds. The predicted molar refractivity (Wildman–Crippen MR) is 129 cm³/mol. The van der Waals surface area contributed by atoms with Gasteiger partial charge in [0, 0.05) is 0 Å². The van der Waals surface area contributed by atoms with Crippen molar-refractivity contribution in [1.82, 2.24) is 0 Å². The molecule has 0 radical (unpaired) electrons. The summed E-state index contributed by atoms with van der Waals surface area (Å²) < 4.78 is 10.8. The first-order valence-corrected chi connectivity index (χ1v) is 16.2. The molecule has 0 bridgehead atoms. The minimum absolute atomic E-state index is 0. The topological polar surface area (TPSA) is 9.23 Å². The maximum atomic E-state index is 7.68. The third kappa shape index (κ3) is 4.54. The maximum absolute atomic E-state index is 7.68. The zero-order valence-corrected chi connectivity index (χ0v) is 22.0. The Morgan fingerprint density at radius 1 is 0.562 bits per heavy atom. The smallest absolute Gasteiger partial charge is 1.00 e. The molecule has 158 valence electrons. The van der Waals surface area contributed by atoms with E-state index in [4.69, 9.17) is 2.50 Å². The Morgan fingerprint density at radius 2 is 0.938 bits per heavy atom. The summed E-state index contributed by atoms with van der Waals surface area (Å²) >= 11 is -2.56. The fourth-order valence-electron chi connectivity index (χ4n) is 4.42. The van der Waals surface area contributed by atoms with Gasteiger partial charge >= 0.3 is 195 Å². The van der Waals surface area contributed by atoms with Crippen molar-refractivity contribution in [3.8, 4) is 0 Å². The summed E-state index contributed by atoms with van der Waals surface area (Å²) in [6.07, 6.45) is 15.7. The van der Waals surface area contributed by atoms with E-state index in [2.05, 4.69) is 127 Å². The molecule has 0 N–H and O–H groups in total. The van der Waals surface area contributed by atoms with E-state index in [1.165, 1.54) is 22.1 Å². The van der Waals surface area contributed by atoms with Crippen LogP contribution >= 0.6 is 0 Å². The van der Waals surface area contributed by atoms with Crippen LogP contribution in [-0.2, 0) is 24.7 Å². The second kappa shape index (κ2) is 10.7. The van der Waals surface area contributed by atoms with Crippen molar-refractivity contribution in [2.24, 2.45) is 0 Å². The quantitative estimate of drug-likeness (QED) is 0.334. The molecule has 32 heavy (non-hydrogen) atoms. The maximum Gasteiger partial charge on any atom is -1.00 e. The molecule has 0 fully saturated rings. The second-order valence-electron chi connectivity index (χ2n) is 7.86. The van der Waals surface area contributed by atoms with E-state index < -0.39 is 30.5 Å². The van der Waals surface area contributed by atoms with Crippen molar-refractivity contribution >= 4 is 23.9 Å². The molecular formula is C28H25ClOSiZr. The molecule has 5 rings (SSSR count). The number of hydrogen-bond acceptors (Lipinski definition) is 1. The fraction of sp³-hybridized carbons (Fsp3) is 0.0714. The van der Waals surface area contributed by atoms with Crippen LogP contribution in [0.3, 0.4) is 0 Å². The van der Waals surface area contributed by atoms with E-state index in [1.54, 1.807) is 0 Å². The Kier molecular flexibility index (Phi) is 7.75. The molecule has 3 aromatic rings. The van der Waals surface area contributed by atoms with Crippen LogP contribution in [-0.4, -0.2) is 8.32 Å². The molecule has 4 heteroatoms. The third-order valence-electron chi connectivity index (χ3n) is 5.92. The van der Waals surface area contributed by atoms with E-state index >= 15 is 0 Å². The van der Waals surface area contributed by atoms with E-state index in [0.717, 1.165) is 12.8 Å². The molecule has 0 aliphatic heterocycles. The zero-order chi connectivity index (χ0) is 20.9. The molecule has 0 aromatic heterocycles. The fourth-order valence-corrected chi connectivity index (χ4v) is 18.8. The van der Waals surface area contributed by atoms with Gasteiger partial charge in [-0.05, 0) is 0 Å². The first-order chi connectivity index (χ1) is 15.4. The Bertz CT molecular complexity index is 1030. The van der Waals surface area contributed by atoms with Gasteiger partial charge in [-0.1, -0.05) is 0 Å². The van der Waals surface area contributed by atoms with Gasteiger partial charge in [0.05, 0.1) is 0 Å². The second-order valence-corrected chi connectivity index (χ2v) is 17.4. The molecule has 0 saturated carbocycles. The normalized spacial score (nSPS) is 14.6. The SMILES string of the molecule is C1=CC[C]([Zr+]([O][Si](c2ccccc2)(c2ccccc2)c2ccccc2)[C]2=CC=CC2)=C1.[Cl-]. The van der Waals surface area contributed by atoms with Crippen LogP contribution in [0.25, 0.3) is 0 Å². The van der Waals surface area contributed by atoms with Crippen LogP contribution in [0.5, 0.6) is 0 Å². The molecule has 3 aromatic carbocycles. The van der Waals surface area contributed by atoms with Crippen molar-refractivity contribution in [1.29, 1.82) is 0 Å². The van der Waals surface area contributed by atoms with Gasteiger partial charge in [0.25, 0.3) is 0 Å². The zero-order valence-electron chi connectivity index (χ0n) is 17.8. The van der Waals surface area contributed by atoms with Crippen molar-refractivity contribution in [2.45, 2.75) is 12.8 Å². The van der Waals surface area contributed by atoms with Gasteiger partial charge in [-0.25, -0.2) is 0 Å². The standard InChI is InChI=1S/C18H15OSi.2C5H5.ClH.Zr/c19-20(16-10-4-1-5-11-16,17-12-6-2-7-13-17)18-14-8-3-9-15-18;2*1-2-4-5-3-1;;/h1-15H;2*1-3H,4H2;1H;/q-1;;;;+2/p-1. The van der Waals surface area contributed by atoms with E-state index in [9.17, 15) is 0 Å². The Hall–Kier alpha value is -2.03. The molecule has 0 spiro atoms. The minimum atomic E-state index is -2.67. The number of rotatable bonds is 7. The monoisotopic (exact) mass is 530 g/mol. The van der Waals surface area contributed by atoms with Crippen LogP contribution < -0.4 is 28.0 Å². The average Bonchev–Trinajstić information content (AvgIpc) is 3.57. The van der Waals surface area contributed by atoms with Crippen molar-refractivity contribution < 1.29 is 37.1 Å². The Morgan fingerprint density at radius 3 is 1.25 bits per heavy atom. The molecule has 0 saturated heterocycles. The number of hydrogen-bond donors (Lipinski definition) is 0. The summed E-state index contributed by atoms with van der Waals surface area (Å²) in [6, 6.07) is 32.9. The number of allylic oxidation sites excluding steroid dienone is 8. The van der Waals surface area contributed by atoms with Crippen LogP contribution in [0.1, 0.15) is 12.8 Å². The van der Waals surface area contributed by atoms with Gasteiger partial charge in [-0.2, -0.15) is 0 Å². The molecule has 2 aliphatic carbocycles. The first kappa shape index (κ1) is 23.1. The van der Waals surface area contributed by atoms with Crippen LogP contribution in [0.4, 0.5) is 0 Å². The first-order valence-electron chi connectivity index (χ1n) is 10.8. The van der Waals surface area contributed by atoms with Gasteiger partial charge in [-0.3, -0.25) is 0 Å². The largest absolute Gasteiger partial charge is 1.00 e. The third-order valence-corrected chi connectivity index (χ3v) is 18.3. The van der Waals surface area contributed by atoms with Crippen LogP contribution in [0.2, 0.25) is 0 Å². The van der Waals surface area contributed by atoms with Crippen molar-refractivity contribution in [3.05, 3.63) is 134 Å².